The van der Waals surface area contributed by atoms with Crippen LogP contribution >= 0.6 is 24.0 Å². The van der Waals surface area contributed by atoms with Gasteiger partial charge in [-0.1, -0.05) is 42.5 Å². The number of ether oxygens (including phenoxy) is 1. The topological polar surface area (TPSA) is 62.4 Å². The molecule has 7 heteroatoms. The van der Waals surface area contributed by atoms with Gasteiger partial charge in [-0.15, -0.1) is 11.8 Å². The third kappa shape index (κ3) is 6.10. The second kappa shape index (κ2) is 9.79. The van der Waals surface area contributed by atoms with E-state index in [4.69, 9.17) is 17.0 Å². The van der Waals surface area contributed by atoms with E-state index < -0.39 is 0 Å². The van der Waals surface area contributed by atoms with Crippen molar-refractivity contribution in [3.63, 3.8) is 0 Å². The number of benzene rings is 2. The minimum Gasteiger partial charge on any atom is -0.495 e. The molecule has 2 aromatic rings. The van der Waals surface area contributed by atoms with Crippen molar-refractivity contribution >= 4 is 40.7 Å². The van der Waals surface area contributed by atoms with Crippen molar-refractivity contribution in [2.75, 3.05) is 18.2 Å². The molecule has 2 rings (SSSR count). The van der Waals surface area contributed by atoms with Gasteiger partial charge in [0, 0.05) is 5.75 Å². The fraction of sp³-hybridized carbons (Fsp3) is 0.176. The zero-order valence-corrected chi connectivity index (χ0v) is 14.9. The summed E-state index contributed by atoms with van der Waals surface area (Å²) in [6.07, 6.45) is 0. The van der Waals surface area contributed by atoms with Gasteiger partial charge in [-0.2, -0.15) is 0 Å². The van der Waals surface area contributed by atoms with Crippen molar-refractivity contribution in [3.8, 4) is 5.75 Å². The Kier molecular flexibility index (Phi) is 7.38. The maximum Gasteiger partial charge on any atom is 0.248 e. The van der Waals surface area contributed by atoms with Gasteiger partial charge in [-0.25, -0.2) is 0 Å². The van der Waals surface area contributed by atoms with Gasteiger partial charge < -0.3 is 10.1 Å². The smallest absolute Gasteiger partial charge is 0.248 e. The van der Waals surface area contributed by atoms with E-state index in [0.717, 1.165) is 11.4 Å². The van der Waals surface area contributed by atoms with Gasteiger partial charge in [0.05, 0.1) is 18.6 Å². The molecule has 0 aliphatic rings. The number of hydrogen-bond donors (Lipinski definition) is 3. The van der Waals surface area contributed by atoms with Crippen LogP contribution in [0.25, 0.3) is 0 Å². The Bertz CT molecular complexity index is 681. The van der Waals surface area contributed by atoms with Crippen molar-refractivity contribution in [2.45, 2.75) is 5.75 Å². The van der Waals surface area contributed by atoms with E-state index in [-0.39, 0.29) is 5.91 Å². The summed E-state index contributed by atoms with van der Waals surface area (Å²) < 4.78 is 5.23. The van der Waals surface area contributed by atoms with Crippen molar-refractivity contribution < 1.29 is 9.53 Å². The van der Waals surface area contributed by atoms with Crippen molar-refractivity contribution in [1.82, 2.24) is 10.9 Å². The minimum atomic E-state index is -0.139. The first-order valence-corrected chi connectivity index (χ1v) is 8.86. The molecule has 0 heterocycles. The normalized spacial score (nSPS) is 9.88. The summed E-state index contributed by atoms with van der Waals surface area (Å²) in [4.78, 5) is 11.8. The number of para-hydroxylation sites is 2. The van der Waals surface area contributed by atoms with Crippen molar-refractivity contribution in [1.29, 1.82) is 0 Å². The van der Waals surface area contributed by atoms with Crippen LogP contribution in [0, 0.1) is 0 Å². The summed E-state index contributed by atoms with van der Waals surface area (Å²) in [6.45, 7) is 0. The number of hydrazine groups is 1. The van der Waals surface area contributed by atoms with Gasteiger partial charge in [-0.05, 0) is 29.9 Å². The number of carbonyl (C=O) groups is 1. The Balaban J connectivity index is 1.68. The highest BCUT2D eigenvalue weighted by atomic mass is 32.2. The van der Waals surface area contributed by atoms with E-state index in [0.29, 0.717) is 16.6 Å². The van der Waals surface area contributed by atoms with Crippen LogP contribution in [0.4, 0.5) is 5.69 Å². The Labute approximate surface area is 151 Å². The van der Waals surface area contributed by atoms with Gasteiger partial charge >= 0.3 is 0 Å². The molecule has 24 heavy (non-hydrogen) atoms. The highest BCUT2D eigenvalue weighted by molar-refractivity contribution is 7.99. The zero-order chi connectivity index (χ0) is 17.2. The molecule has 0 bridgehead atoms. The lowest BCUT2D eigenvalue weighted by Crippen LogP contribution is -2.44. The Morgan fingerprint density at radius 1 is 1.08 bits per heavy atom. The summed E-state index contributed by atoms with van der Waals surface area (Å²) in [6, 6.07) is 17.4. The number of methoxy groups -OCH3 is 1. The SMILES string of the molecule is COc1ccccc1NC(=S)NNC(=O)CSCc1ccccc1. The van der Waals surface area contributed by atoms with Crippen LogP contribution in [-0.4, -0.2) is 23.9 Å². The molecular formula is C17H19N3O2S2. The molecule has 0 radical (unpaired) electrons. The first-order valence-electron chi connectivity index (χ1n) is 7.29. The van der Waals surface area contributed by atoms with Gasteiger partial charge in [0.15, 0.2) is 5.11 Å². The fourth-order valence-electron chi connectivity index (χ4n) is 1.90. The number of amides is 1. The van der Waals surface area contributed by atoms with Gasteiger partial charge in [-0.3, -0.25) is 15.6 Å². The van der Waals surface area contributed by atoms with Gasteiger partial charge in [0.1, 0.15) is 5.75 Å². The van der Waals surface area contributed by atoms with Gasteiger partial charge in [0.25, 0.3) is 0 Å². The highest BCUT2D eigenvalue weighted by Crippen LogP contribution is 2.22. The summed E-state index contributed by atoms with van der Waals surface area (Å²) in [7, 11) is 1.59. The largest absolute Gasteiger partial charge is 0.495 e. The lowest BCUT2D eigenvalue weighted by atomic mass is 10.2. The average molecular weight is 361 g/mol. The van der Waals surface area contributed by atoms with Crippen LogP contribution in [0.1, 0.15) is 5.56 Å². The molecule has 0 spiro atoms. The number of anilines is 1. The number of carbonyl (C=O) groups excluding carboxylic acids is 1. The molecular weight excluding hydrogens is 342 g/mol. The Morgan fingerprint density at radius 2 is 1.79 bits per heavy atom. The molecule has 0 unspecified atom stereocenters. The molecule has 0 aliphatic carbocycles. The minimum absolute atomic E-state index is 0.139. The van der Waals surface area contributed by atoms with E-state index in [1.54, 1.807) is 18.9 Å². The molecule has 1 amide bonds. The number of thiocarbonyl (C=S) groups is 1. The second-order valence-corrected chi connectivity index (χ2v) is 6.20. The molecule has 2 aromatic carbocycles. The van der Waals surface area contributed by atoms with Crippen LogP contribution in [0.3, 0.4) is 0 Å². The number of thioether (sulfide) groups is 1. The van der Waals surface area contributed by atoms with E-state index in [1.807, 2.05) is 54.6 Å². The third-order valence-electron chi connectivity index (χ3n) is 3.02. The Morgan fingerprint density at radius 3 is 2.54 bits per heavy atom. The average Bonchev–Trinajstić information content (AvgIpc) is 2.61. The number of rotatable bonds is 6. The van der Waals surface area contributed by atoms with Crippen LogP contribution in [-0.2, 0) is 10.5 Å². The van der Waals surface area contributed by atoms with Crippen LogP contribution in [0.15, 0.2) is 54.6 Å². The fourth-order valence-corrected chi connectivity index (χ4v) is 2.85. The first-order chi connectivity index (χ1) is 11.7. The quantitative estimate of drug-likeness (QED) is 0.543. The van der Waals surface area contributed by atoms with Gasteiger partial charge in [0.2, 0.25) is 5.91 Å². The number of nitrogens with one attached hydrogen (secondary N) is 3. The summed E-state index contributed by atoms with van der Waals surface area (Å²) in [5, 5.41) is 3.27. The molecule has 0 atom stereocenters. The van der Waals surface area contributed by atoms with Crippen LogP contribution in [0.2, 0.25) is 0 Å². The summed E-state index contributed by atoms with van der Waals surface area (Å²) in [5.41, 5.74) is 7.17. The maximum atomic E-state index is 11.8. The lowest BCUT2D eigenvalue weighted by molar-refractivity contribution is -0.119. The van der Waals surface area contributed by atoms with E-state index >= 15 is 0 Å². The molecule has 5 nitrogen and oxygen atoms in total. The molecule has 0 saturated carbocycles. The number of hydrogen-bond acceptors (Lipinski definition) is 4. The maximum absolute atomic E-state index is 11.8. The predicted molar refractivity (Wildman–Crippen MR) is 103 cm³/mol. The van der Waals surface area contributed by atoms with Crippen LogP contribution < -0.4 is 20.9 Å². The van der Waals surface area contributed by atoms with E-state index in [1.165, 1.54) is 5.56 Å². The van der Waals surface area contributed by atoms with Crippen LogP contribution in [0.5, 0.6) is 5.75 Å². The highest BCUT2D eigenvalue weighted by Gasteiger charge is 2.05. The third-order valence-corrected chi connectivity index (χ3v) is 4.22. The predicted octanol–water partition coefficient (Wildman–Crippen LogP) is 2.95. The second-order valence-electron chi connectivity index (χ2n) is 4.81. The van der Waals surface area contributed by atoms with Crippen molar-refractivity contribution in [3.05, 3.63) is 60.2 Å². The summed E-state index contributed by atoms with van der Waals surface area (Å²) in [5.74, 6) is 1.67. The molecule has 3 N–H and O–H groups in total. The lowest BCUT2D eigenvalue weighted by Gasteiger charge is -2.13. The monoisotopic (exact) mass is 361 g/mol. The Hall–Kier alpha value is -2.25. The van der Waals surface area contributed by atoms with E-state index in [9.17, 15) is 4.79 Å². The molecule has 126 valence electrons. The van der Waals surface area contributed by atoms with E-state index in [2.05, 4.69) is 16.2 Å². The molecule has 0 saturated heterocycles. The zero-order valence-electron chi connectivity index (χ0n) is 13.2. The molecule has 0 fully saturated rings. The summed E-state index contributed by atoms with van der Waals surface area (Å²) >= 11 is 6.69. The first kappa shape index (κ1) is 18.1. The molecule has 0 aliphatic heterocycles. The van der Waals surface area contributed by atoms with Crippen molar-refractivity contribution in [2.24, 2.45) is 0 Å². The molecule has 0 aromatic heterocycles. The standard InChI is InChI=1S/C17H19N3O2S2/c1-22-15-10-6-5-9-14(15)18-17(23)20-19-16(21)12-24-11-13-7-3-2-4-8-13/h2-10H,11-12H2,1H3,(H,19,21)(H2,18,20,23).